The summed E-state index contributed by atoms with van der Waals surface area (Å²) in [5, 5.41) is 10.8. The van der Waals surface area contributed by atoms with Gasteiger partial charge in [0.2, 0.25) is 10.0 Å². The van der Waals surface area contributed by atoms with E-state index < -0.39 is 13.6 Å². The van der Waals surface area contributed by atoms with Gasteiger partial charge < -0.3 is 10.0 Å². The number of nitrogens with one attached hydrogen (secondary N) is 1. The van der Waals surface area contributed by atoms with Crippen molar-refractivity contribution in [2.24, 2.45) is 0 Å². The van der Waals surface area contributed by atoms with Crippen molar-refractivity contribution in [1.82, 2.24) is 4.90 Å². The van der Waals surface area contributed by atoms with Crippen molar-refractivity contribution in [1.29, 1.82) is 0 Å². The van der Waals surface area contributed by atoms with Crippen molar-refractivity contribution in [3.05, 3.63) is 29.8 Å². The fourth-order valence-corrected chi connectivity index (χ4v) is 4.09. The quantitative estimate of drug-likeness (QED) is 0.315. The number of alkyl halides is 1. The average Bonchev–Trinajstić information content (AvgIpc) is 2.55. The molecule has 0 amide bonds. The van der Waals surface area contributed by atoms with Gasteiger partial charge in [0.25, 0.3) is 0 Å². The van der Waals surface area contributed by atoms with Crippen molar-refractivity contribution in [3.63, 3.8) is 0 Å². The molecule has 0 fully saturated rings. The Morgan fingerprint density at radius 3 is 2.00 bits per heavy atom. The van der Waals surface area contributed by atoms with Crippen LogP contribution in [0.5, 0.6) is 0 Å². The number of sulfonamides is 1. The number of hydrogen-bond donors (Lipinski definition) is 2. The fraction of sp³-hybridized carbons (Fsp3) is 0.684. The van der Waals surface area contributed by atoms with Gasteiger partial charge in [0.1, 0.15) is 3.61 Å². The maximum absolute atomic E-state index is 11.3. The SMILES string of the molecule is CCCCN(CCCC)CCCC(O)(I)c1ccc(NS(C)(=O)=O)cc1. The lowest BCUT2D eigenvalue weighted by molar-refractivity contribution is 0.136. The van der Waals surface area contributed by atoms with E-state index in [4.69, 9.17) is 0 Å². The second kappa shape index (κ2) is 11.5. The molecule has 0 spiro atoms. The molecule has 5 nitrogen and oxygen atoms in total. The van der Waals surface area contributed by atoms with Crippen molar-refractivity contribution in [3.8, 4) is 0 Å². The number of halogens is 1. The van der Waals surface area contributed by atoms with Gasteiger partial charge in [0.05, 0.1) is 6.26 Å². The molecule has 150 valence electrons. The minimum atomic E-state index is -3.28. The third kappa shape index (κ3) is 9.53. The first kappa shape index (κ1) is 23.7. The van der Waals surface area contributed by atoms with Crippen LogP contribution in [0.15, 0.2) is 24.3 Å². The van der Waals surface area contributed by atoms with Gasteiger partial charge >= 0.3 is 0 Å². The lowest BCUT2D eigenvalue weighted by atomic mass is 10.0. The highest BCUT2D eigenvalue weighted by Crippen LogP contribution is 2.34. The van der Waals surface area contributed by atoms with E-state index >= 15 is 0 Å². The van der Waals surface area contributed by atoms with Gasteiger partial charge in [0.15, 0.2) is 0 Å². The number of nitrogens with zero attached hydrogens (tertiary/aromatic N) is 1. The molecule has 0 heterocycles. The van der Waals surface area contributed by atoms with E-state index in [1.165, 1.54) is 25.7 Å². The highest BCUT2D eigenvalue weighted by atomic mass is 127. The molecule has 7 heteroatoms. The summed E-state index contributed by atoms with van der Waals surface area (Å²) in [6, 6.07) is 6.95. The second-order valence-electron chi connectivity index (χ2n) is 6.86. The molecule has 1 rings (SSSR count). The van der Waals surface area contributed by atoms with Gasteiger partial charge in [0, 0.05) is 5.69 Å². The Balaban J connectivity index is 2.58. The van der Waals surface area contributed by atoms with Gasteiger partial charge in [-0.3, -0.25) is 4.72 Å². The Morgan fingerprint density at radius 2 is 1.54 bits per heavy atom. The van der Waals surface area contributed by atoms with Crippen LogP contribution in [0.25, 0.3) is 0 Å². The Kier molecular flexibility index (Phi) is 10.4. The topological polar surface area (TPSA) is 69.6 Å². The van der Waals surface area contributed by atoms with E-state index in [-0.39, 0.29) is 0 Å². The van der Waals surface area contributed by atoms with Crippen molar-refractivity contribution >= 4 is 38.3 Å². The number of rotatable bonds is 13. The fourth-order valence-electron chi connectivity index (χ4n) is 2.79. The molecular weight excluding hydrogens is 463 g/mol. The molecule has 1 aromatic rings. The summed E-state index contributed by atoms with van der Waals surface area (Å²) in [7, 11) is -3.28. The minimum absolute atomic E-state index is 0.508. The van der Waals surface area contributed by atoms with E-state index in [0.29, 0.717) is 12.1 Å². The van der Waals surface area contributed by atoms with Gasteiger partial charge in [-0.25, -0.2) is 8.42 Å². The van der Waals surface area contributed by atoms with Crippen LogP contribution >= 0.6 is 22.6 Å². The van der Waals surface area contributed by atoms with Crippen LogP contribution in [0.2, 0.25) is 0 Å². The molecule has 1 atom stereocenters. The Morgan fingerprint density at radius 1 is 1.04 bits per heavy atom. The zero-order valence-electron chi connectivity index (χ0n) is 16.2. The summed E-state index contributed by atoms with van der Waals surface area (Å²) in [4.78, 5) is 2.50. The van der Waals surface area contributed by atoms with Crippen LogP contribution in [-0.2, 0) is 13.6 Å². The predicted molar refractivity (Wildman–Crippen MR) is 118 cm³/mol. The molecule has 0 saturated heterocycles. The monoisotopic (exact) mass is 496 g/mol. The average molecular weight is 496 g/mol. The smallest absolute Gasteiger partial charge is 0.229 e. The number of hydrogen-bond acceptors (Lipinski definition) is 4. The summed E-state index contributed by atoms with van der Waals surface area (Å²) >= 11 is 2.08. The van der Waals surface area contributed by atoms with E-state index in [1.807, 2.05) is 0 Å². The third-order valence-corrected chi connectivity index (χ3v) is 6.04. The molecule has 0 radical (unpaired) electrons. The van der Waals surface area contributed by atoms with Crippen LogP contribution < -0.4 is 4.72 Å². The Bertz CT molecular complexity index is 610. The molecule has 0 aliphatic heterocycles. The first-order valence-electron chi connectivity index (χ1n) is 9.40. The number of benzene rings is 1. The highest BCUT2D eigenvalue weighted by molar-refractivity contribution is 14.1. The van der Waals surface area contributed by atoms with Gasteiger partial charge in [-0.2, -0.15) is 0 Å². The number of anilines is 1. The largest absolute Gasteiger partial charge is 0.375 e. The first-order valence-corrected chi connectivity index (χ1v) is 12.4. The van der Waals surface area contributed by atoms with Crippen LogP contribution in [-0.4, -0.2) is 44.3 Å². The summed E-state index contributed by atoms with van der Waals surface area (Å²) in [6.45, 7) is 7.68. The molecule has 0 bridgehead atoms. The maximum atomic E-state index is 11.3. The standard InChI is InChI=1S/C19H33IN2O3S/c1-4-6-14-22(15-7-5-2)16-8-13-19(20,23)17-9-11-18(12-10-17)21-26(3,24)25/h9-12,21,23H,4-8,13-16H2,1-3H3. The molecule has 1 aromatic carbocycles. The summed E-state index contributed by atoms with van der Waals surface area (Å²) in [5.41, 5.74) is 1.31. The number of unbranched alkanes of at least 4 members (excludes halogenated alkanes) is 2. The maximum Gasteiger partial charge on any atom is 0.229 e. The summed E-state index contributed by atoms with van der Waals surface area (Å²) in [6.07, 6.45) is 7.55. The van der Waals surface area contributed by atoms with Crippen LogP contribution in [0.4, 0.5) is 5.69 Å². The van der Waals surface area contributed by atoms with Crippen LogP contribution in [0.3, 0.4) is 0 Å². The molecule has 1 unspecified atom stereocenters. The molecular formula is C19H33IN2O3S. The van der Waals surface area contributed by atoms with Gasteiger partial charge in [-0.05, 0) is 85.6 Å². The third-order valence-electron chi connectivity index (χ3n) is 4.27. The van der Waals surface area contributed by atoms with Crippen molar-refractivity contribution in [2.45, 2.75) is 56.0 Å². The molecule has 26 heavy (non-hydrogen) atoms. The Labute approximate surface area is 172 Å². The number of aliphatic hydroxyl groups is 1. The van der Waals surface area contributed by atoms with E-state index in [1.54, 1.807) is 24.3 Å². The molecule has 0 saturated carbocycles. The van der Waals surface area contributed by atoms with Crippen molar-refractivity contribution in [2.75, 3.05) is 30.6 Å². The predicted octanol–water partition coefficient (Wildman–Crippen LogP) is 4.32. The van der Waals surface area contributed by atoms with Gasteiger partial charge in [-0.1, -0.05) is 38.8 Å². The van der Waals surface area contributed by atoms with E-state index in [2.05, 4.69) is 46.1 Å². The van der Waals surface area contributed by atoms with Gasteiger partial charge in [-0.15, -0.1) is 0 Å². The lowest BCUT2D eigenvalue weighted by Crippen LogP contribution is -2.28. The van der Waals surface area contributed by atoms with E-state index in [0.717, 1.165) is 37.9 Å². The van der Waals surface area contributed by atoms with Crippen molar-refractivity contribution < 1.29 is 13.5 Å². The molecule has 0 aliphatic rings. The highest BCUT2D eigenvalue weighted by Gasteiger charge is 2.25. The summed E-state index contributed by atoms with van der Waals surface area (Å²) in [5.74, 6) is 0. The zero-order chi connectivity index (χ0) is 19.6. The normalized spacial score (nSPS) is 14.4. The summed E-state index contributed by atoms with van der Waals surface area (Å²) < 4.78 is 24.0. The van der Waals surface area contributed by atoms with Crippen LogP contribution in [0, 0.1) is 0 Å². The minimum Gasteiger partial charge on any atom is -0.375 e. The Hall–Kier alpha value is -0.380. The van der Waals surface area contributed by atoms with Crippen LogP contribution in [0.1, 0.15) is 57.9 Å². The zero-order valence-corrected chi connectivity index (χ0v) is 19.1. The molecule has 0 aromatic heterocycles. The second-order valence-corrected chi connectivity index (χ2v) is 10.4. The molecule has 2 N–H and O–H groups in total. The first-order chi connectivity index (χ1) is 12.2. The lowest BCUT2D eigenvalue weighted by Gasteiger charge is -2.26. The molecule has 0 aliphatic carbocycles. The van der Waals surface area contributed by atoms with E-state index in [9.17, 15) is 13.5 Å².